The predicted molar refractivity (Wildman–Crippen MR) is 82.6 cm³/mol. The van der Waals surface area contributed by atoms with Gasteiger partial charge in [-0.3, -0.25) is 4.90 Å². The first kappa shape index (κ1) is 18.8. The van der Waals surface area contributed by atoms with E-state index in [2.05, 4.69) is 11.9 Å². The van der Waals surface area contributed by atoms with Crippen molar-refractivity contribution in [3.63, 3.8) is 0 Å². The van der Waals surface area contributed by atoms with Crippen LogP contribution in [0.25, 0.3) is 0 Å². The molecule has 1 aromatic carbocycles. The fraction of sp³-hybridized carbons (Fsp3) is 0.467. The van der Waals surface area contributed by atoms with Gasteiger partial charge in [0.2, 0.25) is 0 Å². The smallest absolute Gasteiger partial charge is 0.416 e. The number of rotatable bonds is 4. The van der Waals surface area contributed by atoms with Crippen LogP contribution in [0.5, 0.6) is 5.75 Å². The molecule has 22 heavy (non-hydrogen) atoms. The largest absolute Gasteiger partial charge is 0.497 e. The molecule has 0 aromatic heterocycles. The number of nitrogens with one attached hydrogen (secondary N) is 1. The summed E-state index contributed by atoms with van der Waals surface area (Å²) < 4.78 is 44.8. The molecule has 0 unspecified atom stereocenters. The predicted octanol–water partition coefficient (Wildman–Crippen LogP) is 3.27. The van der Waals surface area contributed by atoms with Gasteiger partial charge in [0.25, 0.3) is 0 Å². The Morgan fingerprint density at radius 3 is 2.45 bits per heavy atom. The van der Waals surface area contributed by atoms with Gasteiger partial charge in [0.05, 0.1) is 18.7 Å². The maximum Gasteiger partial charge on any atom is 0.416 e. The molecule has 3 nitrogen and oxygen atoms in total. The van der Waals surface area contributed by atoms with Gasteiger partial charge < -0.3 is 10.1 Å². The molecule has 0 spiro atoms. The van der Waals surface area contributed by atoms with E-state index >= 15 is 0 Å². The average molecular weight is 337 g/mol. The first-order valence-electron chi connectivity index (χ1n) is 6.80. The summed E-state index contributed by atoms with van der Waals surface area (Å²) in [6.45, 7) is 6.64. The normalized spacial score (nSPS) is 17.5. The summed E-state index contributed by atoms with van der Waals surface area (Å²) in [5.41, 5.74) is -0.439. The molecule has 1 aliphatic heterocycles. The van der Waals surface area contributed by atoms with Gasteiger partial charge in [-0.25, -0.2) is 0 Å². The monoisotopic (exact) mass is 336 g/mol. The van der Waals surface area contributed by atoms with Crippen LogP contribution in [0.1, 0.15) is 17.2 Å². The number of ether oxygens (including phenoxy) is 1. The molecule has 124 valence electrons. The lowest BCUT2D eigenvalue weighted by Gasteiger charge is -2.34. The van der Waals surface area contributed by atoms with Gasteiger partial charge in [-0.05, 0) is 17.7 Å². The van der Waals surface area contributed by atoms with Crippen molar-refractivity contribution in [1.29, 1.82) is 0 Å². The van der Waals surface area contributed by atoms with Crippen LogP contribution in [0.4, 0.5) is 13.2 Å². The number of hydrogen-bond acceptors (Lipinski definition) is 3. The highest BCUT2D eigenvalue weighted by Gasteiger charge is 2.36. The fourth-order valence-corrected chi connectivity index (χ4v) is 2.60. The number of methoxy groups -OCH3 is 1. The minimum Gasteiger partial charge on any atom is -0.497 e. The third-order valence-corrected chi connectivity index (χ3v) is 3.65. The van der Waals surface area contributed by atoms with Crippen LogP contribution in [0, 0.1) is 0 Å². The molecule has 1 aliphatic rings. The summed E-state index contributed by atoms with van der Waals surface area (Å²) >= 11 is 0. The van der Waals surface area contributed by atoms with Gasteiger partial charge in [0.15, 0.2) is 0 Å². The summed E-state index contributed by atoms with van der Waals surface area (Å²) in [7, 11) is 1.36. The third-order valence-electron chi connectivity index (χ3n) is 3.65. The Labute approximate surface area is 134 Å². The zero-order valence-electron chi connectivity index (χ0n) is 12.3. The van der Waals surface area contributed by atoms with Crippen LogP contribution in [-0.2, 0) is 6.18 Å². The molecule has 0 radical (unpaired) electrons. The van der Waals surface area contributed by atoms with Crippen LogP contribution < -0.4 is 10.1 Å². The van der Waals surface area contributed by atoms with Crippen LogP contribution >= 0.6 is 12.4 Å². The van der Waals surface area contributed by atoms with E-state index in [4.69, 9.17) is 4.74 Å². The quantitative estimate of drug-likeness (QED) is 0.854. The Hall–Kier alpha value is -1.24. The van der Waals surface area contributed by atoms with E-state index in [1.807, 2.05) is 4.90 Å². The molecule has 2 rings (SSSR count). The molecule has 1 heterocycles. The lowest BCUT2D eigenvalue weighted by molar-refractivity contribution is -0.138. The van der Waals surface area contributed by atoms with Crippen molar-refractivity contribution in [3.05, 3.63) is 42.0 Å². The molecule has 1 atom stereocenters. The van der Waals surface area contributed by atoms with Crippen LogP contribution in [0.3, 0.4) is 0 Å². The van der Waals surface area contributed by atoms with E-state index in [0.29, 0.717) is 13.1 Å². The number of benzene rings is 1. The van der Waals surface area contributed by atoms with E-state index in [0.717, 1.165) is 19.2 Å². The molecule has 1 N–H and O–H groups in total. The van der Waals surface area contributed by atoms with Crippen molar-refractivity contribution in [2.45, 2.75) is 12.2 Å². The highest BCUT2D eigenvalue weighted by atomic mass is 35.5. The van der Waals surface area contributed by atoms with Gasteiger partial charge in [-0.1, -0.05) is 12.1 Å². The minimum atomic E-state index is -4.42. The summed E-state index contributed by atoms with van der Waals surface area (Å²) in [5.74, 6) is 0.203. The van der Waals surface area contributed by atoms with Crippen molar-refractivity contribution in [1.82, 2.24) is 10.2 Å². The third kappa shape index (κ3) is 4.15. The Morgan fingerprint density at radius 2 is 1.95 bits per heavy atom. The van der Waals surface area contributed by atoms with Gasteiger partial charge in [0, 0.05) is 26.2 Å². The second kappa shape index (κ2) is 7.85. The molecule has 0 aliphatic carbocycles. The van der Waals surface area contributed by atoms with Crippen molar-refractivity contribution >= 4 is 12.4 Å². The molecular weight excluding hydrogens is 317 g/mol. The number of nitrogens with zero attached hydrogens (tertiary/aromatic N) is 1. The Bertz CT molecular complexity index is 502. The Kier molecular flexibility index (Phi) is 6.71. The maximum atomic E-state index is 13.3. The average Bonchev–Trinajstić information content (AvgIpc) is 2.48. The number of piperazine rings is 1. The van der Waals surface area contributed by atoms with Crippen molar-refractivity contribution in [2.24, 2.45) is 0 Å². The second-order valence-electron chi connectivity index (χ2n) is 4.92. The zero-order chi connectivity index (χ0) is 15.5. The molecule has 1 saturated heterocycles. The Morgan fingerprint density at radius 1 is 1.32 bits per heavy atom. The summed E-state index contributed by atoms with van der Waals surface area (Å²) in [5, 5.41) is 3.19. The fourth-order valence-electron chi connectivity index (χ4n) is 2.60. The lowest BCUT2D eigenvalue weighted by atomic mass is 9.97. The minimum absolute atomic E-state index is 0. The molecule has 7 heteroatoms. The molecule has 1 aromatic rings. The lowest BCUT2D eigenvalue weighted by Crippen LogP contribution is -2.45. The summed E-state index contributed by atoms with van der Waals surface area (Å²) in [6, 6.07) is 3.64. The molecule has 0 amide bonds. The zero-order valence-corrected chi connectivity index (χ0v) is 13.1. The van der Waals surface area contributed by atoms with E-state index in [1.165, 1.54) is 13.2 Å². The van der Waals surface area contributed by atoms with Gasteiger partial charge >= 0.3 is 6.18 Å². The van der Waals surface area contributed by atoms with Crippen LogP contribution in [0.15, 0.2) is 30.9 Å². The van der Waals surface area contributed by atoms with Crippen molar-refractivity contribution < 1.29 is 17.9 Å². The number of alkyl halides is 3. The summed E-state index contributed by atoms with van der Waals surface area (Å²) in [4.78, 5) is 2.00. The molecule has 1 fully saturated rings. The van der Waals surface area contributed by atoms with Crippen LogP contribution in [-0.4, -0.2) is 38.2 Å². The van der Waals surface area contributed by atoms with Crippen molar-refractivity contribution in [2.75, 3.05) is 33.3 Å². The standard InChI is InChI=1S/C15H19F3N2O.ClH/c1-3-14(20-8-6-19-7-9-20)12-5-4-11(21-2)10-13(12)15(16,17)18;/h3-5,10,14,19H,1,6-9H2,2H3;1H/t14-;/m0./s1. The SMILES string of the molecule is C=C[C@@H](c1ccc(OC)cc1C(F)(F)F)N1CCNCC1.Cl. The molecule has 0 saturated carbocycles. The maximum absolute atomic E-state index is 13.3. The number of hydrogen-bond donors (Lipinski definition) is 1. The second-order valence-corrected chi connectivity index (χ2v) is 4.92. The van der Waals surface area contributed by atoms with E-state index in [-0.39, 0.29) is 23.7 Å². The van der Waals surface area contributed by atoms with E-state index < -0.39 is 17.8 Å². The first-order chi connectivity index (χ1) is 9.97. The van der Waals surface area contributed by atoms with Crippen LogP contribution in [0.2, 0.25) is 0 Å². The topological polar surface area (TPSA) is 24.5 Å². The summed E-state index contributed by atoms with van der Waals surface area (Å²) in [6.07, 6.45) is -2.85. The highest BCUT2D eigenvalue weighted by molar-refractivity contribution is 5.85. The van der Waals surface area contributed by atoms with Gasteiger partial charge in [0.1, 0.15) is 5.75 Å². The Balaban J connectivity index is 0.00000242. The van der Waals surface area contributed by atoms with E-state index in [9.17, 15) is 13.2 Å². The van der Waals surface area contributed by atoms with E-state index in [1.54, 1.807) is 12.1 Å². The highest BCUT2D eigenvalue weighted by Crippen LogP contribution is 2.38. The first-order valence-corrected chi connectivity index (χ1v) is 6.80. The van der Waals surface area contributed by atoms with Gasteiger partial charge in [-0.15, -0.1) is 19.0 Å². The van der Waals surface area contributed by atoms with Gasteiger partial charge in [-0.2, -0.15) is 13.2 Å². The molecular formula is C15H20ClF3N2O. The van der Waals surface area contributed by atoms with Crippen molar-refractivity contribution in [3.8, 4) is 5.75 Å². The number of halogens is 4. The molecule has 0 bridgehead atoms.